The third-order valence-electron chi connectivity index (χ3n) is 4.32. The van der Waals surface area contributed by atoms with E-state index in [1.807, 2.05) is 19.1 Å². The van der Waals surface area contributed by atoms with Gasteiger partial charge in [0, 0.05) is 13.1 Å². The lowest BCUT2D eigenvalue weighted by atomic mass is 10.1. The molecule has 7 nitrogen and oxygen atoms in total. The molecule has 1 fully saturated rings. The molecule has 1 atom stereocenters. The first-order chi connectivity index (χ1) is 11.6. The summed E-state index contributed by atoms with van der Waals surface area (Å²) in [5.41, 5.74) is 2.31. The number of aryl methyl sites for hydroxylation is 3. The Labute approximate surface area is 148 Å². The van der Waals surface area contributed by atoms with Gasteiger partial charge in [-0.3, -0.25) is 9.59 Å². The lowest BCUT2D eigenvalue weighted by Gasteiger charge is -2.25. The van der Waals surface area contributed by atoms with E-state index in [0.29, 0.717) is 24.0 Å². The van der Waals surface area contributed by atoms with Crippen LogP contribution in [0.5, 0.6) is 0 Å². The molecule has 1 aliphatic rings. The Morgan fingerprint density at radius 3 is 2.40 bits per heavy atom. The lowest BCUT2D eigenvalue weighted by molar-refractivity contribution is -0.137. The van der Waals surface area contributed by atoms with Crippen LogP contribution in [0.25, 0.3) is 0 Å². The van der Waals surface area contributed by atoms with Crippen LogP contribution in [0.2, 0.25) is 0 Å². The fraction of sp³-hybridized carbons (Fsp3) is 0.529. The molecule has 1 heterocycles. The van der Waals surface area contributed by atoms with Gasteiger partial charge in [-0.25, -0.2) is 8.42 Å². The Balaban J connectivity index is 2.26. The predicted octanol–water partition coefficient (Wildman–Crippen LogP) is 1.36. The molecule has 0 aromatic heterocycles. The minimum Gasteiger partial charge on any atom is -0.481 e. The number of hydrogen-bond donors (Lipinski definition) is 2. The second-order valence-corrected chi connectivity index (χ2v) is 8.26. The van der Waals surface area contributed by atoms with Crippen molar-refractivity contribution in [2.45, 2.75) is 51.0 Å². The van der Waals surface area contributed by atoms with E-state index in [0.717, 1.165) is 5.56 Å². The molecule has 2 N–H and O–H groups in total. The highest BCUT2D eigenvalue weighted by molar-refractivity contribution is 7.89. The molecule has 25 heavy (non-hydrogen) atoms. The van der Waals surface area contributed by atoms with Gasteiger partial charge in [0.2, 0.25) is 15.9 Å². The quantitative estimate of drug-likeness (QED) is 0.789. The SMILES string of the molecule is Cc1cc(C)c(S(=O)(=O)N2CCCC2C(=O)NCCC(=O)O)c(C)c1. The van der Waals surface area contributed by atoms with Gasteiger partial charge in [-0.2, -0.15) is 4.31 Å². The number of nitrogens with one attached hydrogen (secondary N) is 1. The van der Waals surface area contributed by atoms with Gasteiger partial charge in [0.05, 0.1) is 11.3 Å². The normalized spacial score (nSPS) is 18.3. The topological polar surface area (TPSA) is 104 Å². The Morgan fingerprint density at radius 2 is 1.84 bits per heavy atom. The summed E-state index contributed by atoms with van der Waals surface area (Å²) in [6.07, 6.45) is 0.837. The smallest absolute Gasteiger partial charge is 0.305 e. The van der Waals surface area contributed by atoms with Gasteiger partial charge < -0.3 is 10.4 Å². The lowest BCUT2D eigenvalue weighted by Crippen LogP contribution is -2.46. The Bertz CT molecular complexity index is 765. The van der Waals surface area contributed by atoms with Gasteiger partial charge in [0.1, 0.15) is 6.04 Å². The second-order valence-electron chi connectivity index (χ2n) is 6.44. The standard InChI is InChI=1S/C17H24N2O5S/c1-11-9-12(2)16(13(3)10-11)25(23,24)19-8-4-5-14(19)17(22)18-7-6-15(20)21/h9-10,14H,4-8H2,1-3H3,(H,18,22)(H,20,21). The molecule has 0 aliphatic carbocycles. The van der Waals surface area contributed by atoms with E-state index in [2.05, 4.69) is 5.32 Å². The first-order valence-electron chi connectivity index (χ1n) is 8.24. The van der Waals surface area contributed by atoms with E-state index in [-0.39, 0.29) is 24.4 Å². The Hall–Kier alpha value is -1.93. The number of carbonyl (C=O) groups is 2. The van der Waals surface area contributed by atoms with Crippen LogP contribution in [-0.4, -0.2) is 48.8 Å². The summed E-state index contributed by atoms with van der Waals surface area (Å²) >= 11 is 0. The number of amides is 1. The van der Waals surface area contributed by atoms with Crippen LogP contribution in [-0.2, 0) is 19.6 Å². The Kier molecular flexibility index (Phi) is 5.84. The average molecular weight is 368 g/mol. The zero-order valence-electron chi connectivity index (χ0n) is 14.7. The zero-order chi connectivity index (χ0) is 18.8. The van der Waals surface area contributed by atoms with Gasteiger partial charge in [0.25, 0.3) is 0 Å². The largest absolute Gasteiger partial charge is 0.481 e. The number of aliphatic carboxylic acids is 1. The van der Waals surface area contributed by atoms with E-state index in [9.17, 15) is 18.0 Å². The van der Waals surface area contributed by atoms with Crippen molar-refractivity contribution in [2.24, 2.45) is 0 Å². The maximum atomic E-state index is 13.1. The molecule has 138 valence electrons. The monoisotopic (exact) mass is 368 g/mol. The third kappa shape index (κ3) is 4.19. The Morgan fingerprint density at radius 1 is 1.24 bits per heavy atom. The molecule has 1 aliphatic heterocycles. The maximum Gasteiger partial charge on any atom is 0.305 e. The van der Waals surface area contributed by atoms with E-state index >= 15 is 0 Å². The minimum absolute atomic E-state index is 0.0128. The molecule has 0 saturated carbocycles. The molecule has 0 bridgehead atoms. The molecule has 1 saturated heterocycles. The van der Waals surface area contributed by atoms with Crippen LogP contribution in [0.1, 0.15) is 36.0 Å². The summed E-state index contributed by atoms with van der Waals surface area (Å²) in [6.45, 7) is 5.69. The molecule has 1 aromatic rings. The van der Waals surface area contributed by atoms with E-state index in [1.165, 1.54) is 4.31 Å². The zero-order valence-corrected chi connectivity index (χ0v) is 15.5. The van der Waals surface area contributed by atoms with E-state index in [4.69, 9.17) is 5.11 Å². The minimum atomic E-state index is -3.80. The van der Waals surface area contributed by atoms with Gasteiger partial charge in [-0.15, -0.1) is 0 Å². The summed E-state index contributed by atoms with van der Waals surface area (Å²) in [4.78, 5) is 23.1. The van der Waals surface area contributed by atoms with E-state index in [1.54, 1.807) is 13.8 Å². The summed E-state index contributed by atoms with van der Waals surface area (Å²) in [7, 11) is -3.80. The third-order valence-corrected chi connectivity index (χ3v) is 6.53. The van der Waals surface area contributed by atoms with Crippen molar-refractivity contribution in [3.8, 4) is 0 Å². The maximum absolute atomic E-state index is 13.1. The van der Waals surface area contributed by atoms with Crippen molar-refractivity contribution in [1.82, 2.24) is 9.62 Å². The summed E-state index contributed by atoms with van der Waals surface area (Å²) in [5.74, 6) is -1.45. The number of carbonyl (C=O) groups excluding carboxylic acids is 1. The van der Waals surface area contributed by atoms with Crippen LogP contribution in [0.15, 0.2) is 17.0 Å². The van der Waals surface area contributed by atoms with Crippen molar-refractivity contribution in [3.05, 3.63) is 28.8 Å². The van der Waals surface area contributed by atoms with E-state index < -0.39 is 27.9 Å². The first kappa shape index (κ1) is 19.4. The van der Waals surface area contributed by atoms with Crippen LogP contribution in [0, 0.1) is 20.8 Å². The molecule has 0 radical (unpaired) electrons. The van der Waals surface area contributed by atoms with Crippen molar-refractivity contribution < 1.29 is 23.1 Å². The highest BCUT2D eigenvalue weighted by atomic mass is 32.2. The summed E-state index contributed by atoms with van der Waals surface area (Å²) in [6, 6.07) is 2.84. The molecule has 8 heteroatoms. The van der Waals surface area contributed by atoms with Crippen LogP contribution in [0.3, 0.4) is 0 Å². The highest BCUT2D eigenvalue weighted by Gasteiger charge is 2.40. The number of rotatable bonds is 6. The summed E-state index contributed by atoms with van der Waals surface area (Å²) < 4.78 is 27.5. The van der Waals surface area contributed by atoms with Crippen LogP contribution >= 0.6 is 0 Å². The molecule has 2 rings (SSSR count). The highest BCUT2D eigenvalue weighted by Crippen LogP contribution is 2.30. The fourth-order valence-corrected chi connectivity index (χ4v) is 5.46. The first-order valence-corrected chi connectivity index (χ1v) is 9.68. The van der Waals surface area contributed by atoms with Crippen molar-refractivity contribution >= 4 is 21.9 Å². The number of carboxylic acid groups (broad SMARTS) is 1. The van der Waals surface area contributed by atoms with Crippen molar-refractivity contribution in [1.29, 1.82) is 0 Å². The molecule has 1 aromatic carbocycles. The van der Waals surface area contributed by atoms with Gasteiger partial charge in [0.15, 0.2) is 0 Å². The molecular weight excluding hydrogens is 344 g/mol. The molecule has 1 amide bonds. The predicted molar refractivity (Wildman–Crippen MR) is 92.8 cm³/mol. The van der Waals surface area contributed by atoms with Gasteiger partial charge in [-0.05, 0) is 44.7 Å². The van der Waals surface area contributed by atoms with Gasteiger partial charge >= 0.3 is 5.97 Å². The molecular formula is C17H24N2O5S. The van der Waals surface area contributed by atoms with Crippen molar-refractivity contribution in [3.63, 3.8) is 0 Å². The molecule has 1 unspecified atom stereocenters. The number of sulfonamides is 1. The van der Waals surface area contributed by atoms with Crippen LogP contribution in [0.4, 0.5) is 0 Å². The summed E-state index contributed by atoms with van der Waals surface area (Å²) in [5, 5.41) is 11.2. The van der Waals surface area contributed by atoms with Gasteiger partial charge in [-0.1, -0.05) is 17.7 Å². The molecule has 0 spiro atoms. The van der Waals surface area contributed by atoms with Crippen molar-refractivity contribution in [2.75, 3.05) is 13.1 Å². The number of benzene rings is 1. The number of hydrogen-bond acceptors (Lipinski definition) is 4. The fourth-order valence-electron chi connectivity index (χ4n) is 3.39. The second kappa shape index (κ2) is 7.53. The average Bonchev–Trinajstić information content (AvgIpc) is 2.95. The number of carboxylic acids is 1. The van der Waals surface area contributed by atoms with Crippen LogP contribution < -0.4 is 5.32 Å². The number of nitrogens with zero attached hydrogens (tertiary/aromatic N) is 1.